The summed E-state index contributed by atoms with van der Waals surface area (Å²) in [5.74, 6) is 1.53. The van der Waals surface area contributed by atoms with E-state index >= 15 is 0 Å². The van der Waals surface area contributed by atoms with Crippen molar-refractivity contribution in [2.75, 3.05) is 27.4 Å². The Bertz CT molecular complexity index is 933. The van der Waals surface area contributed by atoms with Crippen LogP contribution in [0.3, 0.4) is 0 Å². The summed E-state index contributed by atoms with van der Waals surface area (Å²) in [6.07, 6.45) is 0. The molecular weight excluding hydrogens is 386 g/mol. The van der Waals surface area contributed by atoms with Crippen LogP contribution in [0, 0.1) is 6.92 Å². The number of amides is 1. The molecule has 0 radical (unpaired) electrons. The summed E-state index contributed by atoms with van der Waals surface area (Å²) < 4.78 is 15.7. The van der Waals surface area contributed by atoms with Crippen LogP contribution in [0.4, 0.5) is 0 Å². The zero-order valence-electron chi connectivity index (χ0n) is 16.9. The van der Waals surface area contributed by atoms with Gasteiger partial charge in [0.2, 0.25) is 0 Å². The number of hydrogen-bond donors (Lipinski definition) is 1. The Morgan fingerprint density at radius 1 is 0.966 bits per heavy atom. The van der Waals surface area contributed by atoms with Gasteiger partial charge in [0.1, 0.15) is 18.1 Å². The fourth-order valence-electron chi connectivity index (χ4n) is 2.87. The normalized spacial score (nSPS) is 10.6. The van der Waals surface area contributed by atoms with E-state index in [0.29, 0.717) is 24.6 Å². The molecule has 0 unspecified atom stereocenters. The van der Waals surface area contributed by atoms with Gasteiger partial charge in [-0.3, -0.25) is 4.79 Å². The van der Waals surface area contributed by atoms with Gasteiger partial charge in [-0.05, 0) is 53.9 Å². The maximum absolute atomic E-state index is 12.6. The fraction of sp³-hybridized carbons (Fsp3) is 0.261. The number of rotatable bonds is 9. The lowest BCUT2D eigenvalue weighted by Crippen LogP contribution is -2.21. The lowest BCUT2D eigenvalue weighted by molar-refractivity contribution is 0.0955. The summed E-state index contributed by atoms with van der Waals surface area (Å²) >= 11 is 1.50. The van der Waals surface area contributed by atoms with Crippen LogP contribution in [0.2, 0.25) is 0 Å². The van der Waals surface area contributed by atoms with Gasteiger partial charge in [-0.15, -0.1) is 11.3 Å². The zero-order chi connectivity index (χ0) is 20.6. The Labute approximate surface area is 175 Å². The van der Waals surface area contributed by atoms with E-state index < -0.39 is 0 Å². The second-order valence-corrected chi connectivity index (χ2v) is 7.73. The van der Waals surface area contributed by atoms with E-state index in [1.54, 1.807) is 14.2 Å². The first kappa shape index (κ1) is 20.9. The van der Waals surface area contributed by atoms with Crippen LogP contribution in [-0.2, 0) is 11.3 Å². The quantitative estimate of drug-likeness (QED) is 0.519. The Hall–Kier alpha value is -2.83. The summed E-state index contributed by atoms with van der Waals surface area (Å²) in [5, 5.41) is 2.99. The second kappa shape index (κ2) is 10.1. The minimum atomic E-state index is -0.0710. The van der Waals surface area contributed by atoms with Gasteiger partial charge in [0.15, 0.2) is 0 Å². The minimum Gasteiger partial charge on any atom is -0.497 e. The number of nitrogens with one attached hydrogen (secondary N) is 1. The maximum Gasteiger partial charge on any atom is 0.261 e. The monoisotopic (exact) mass is 411 g/mol. The van der Waals surface area contributed by atoms with Crippen molar-refractivity contribution in [1.82, 2.24) is 5.32 Å². The lowest BCUT2D eigenvalue weighted by Gasteiger charge is -2.07. The molecule has 0 atom stereocenters. The largest absolute Gasteiger partial charge is 0.497 e. The molecule has 3 aromatic rings. The van der Waals surface area contributed by atoms with Crippen molar-refractivity contribution in [1.29, 1.82) is 0 Å². The molecule has 1 heterocycles. The third-order valence-corrected chi connectivity index (χ3v) is 5.52. The summed E-state index contributed by atoms with van der Waals surface area (Å²) in [6, 6.07) is 17.5. The Morgan fingerprint density at radius 2 is 1.66 bits per heavy atom. The molecule has 5 nitrogen and oxygen atoms in total. The van der Waals surface area contributed by atoms with Gasteiger partial charge in [0.25, 0.3) is 5.91 Å². The average molecular weight is 412 g/mol. The molecule has 1 N–H and O–H groups in total. The van der Waals surface area contributed by atoms with Crippen molar-refractivity contribution in [3.8, 4) is 22.6 Å². The SMILES string of the molecule is COCCOc1ccc(CNC(=O)c2cc(-c3ccc(OC)cc3)c(C)s2)cc1. The molecule has 1 amide bonds. The van der Waals surface area contributed by atoms with Crippen LogP contribution in [0.5, 0.6) is 11.5 Å². The number of thiophene rings is 1. The van der Waals surface area contributed by atoms with Crippen molar-refractivity contribution >= 4 is 17.2 Å². The van der Waals surface area contributed by atoms with E-state index in [-0.39, 0.29) is 5.91 Å². The predicted octanol–water partition coefficient (Wildman–Crippen LogP) is 4.69. The molecular formula is C23H25NO4S. The smallest absolute Gasteiger partial charge is 0.261 e. The van der Waals surface area contributed by atoms with Gasteiger partial charge in [-0.1, -0.05) is 24.3 Å². The van der Waals surface area contributed by atoms with Crippen LogP contribution in [0.25, 0.3) is 11.1 Å². The summed E-state index contributed by atoms with van der Waals surface area (Å²) in [7, 11) is 3.29. The van der Waals surface area contributed by atoms with E-state index in [0.717, 1.165) is 33.1 Å². The van der Waals surface area contributed by atoms with Gasteiger partial charge in [0.05, 0.1) is 18.6 Å². The van der Waals surface area contributed by atoms with Gasteiger partial charge < -0.3 is 19.5 Å². The van der Waals surface area contributed by atoms with Crippen LogP contribution >= 0.6 is 11.3 Å². The molecule has 0 fully saturated rings. The molecule has 29 heavy (non-hydrogen) atoms. The second-order valence-electron chi connectivity index (χ2n) is 6.48. The Kier molecular flexibility index (Phi) is 7.27. The molecule has 0 saturated heterocycles. The third-order valence-electron chi connectivity index (χ3n) is 4.48. The van der Waals surface area contributed by atoms with Crippen molar-refractivity contribution in [2.24, 2.45) is 0 Å². The average Bonchev–Trinajstić information content (AvgIpc) is 3.15. The highest BCUT2D eigenvalue weighted by Gasteiger charge is 2.13. The first-order valence-electron chi connectivity index (χ1n) is 9.34. The van der Waals surface area contributed by atoms with Crippen LogP contribution in [-0.4, -0.2) is 33.3 Å². The van der Waals surface area contributed by atoms with Crippen molar-refractivity contribution in [2.45, 2.75) is 13.5 Å². The van der Waals surface area contributed by atoms with E-state index in [1.165, 1.54) is 11.3 Å². The lowest BCUT2D eigenvalue weighted by atomic mass is 10.1. The zero-order valence-corrected chi connectivity index (χ0v) is 17.7. The number of benzene rings is 2. The molecule has 0 aliphatic rings. The molecule has 0 spiro atoms. The van der Waals surface area contributed by atoms with Gasteiger partial charge in [-0.25, -0.2) is 0 Å². The number of carbonyl (C=O) groups excluding carboxylic acids is 1. The fourth-order valence-corrected chi connectivity index (χ4v) is 3.83. The predicted molar refractivity (Wildman–Crippen MR) is 116 cm³/mol. The van der Waals surface area contributed by atoms with Gasteiger partial charge >= 0.3 is 0 Å². The molecule has 2 aromatic carbocycles. The number of methoxy groups -OCH3 is 2. The molecule has 6 heteroatoms. The van der Waals surface area contributed by atoms with E-state index in [2.05, 4.69) is 5.32 Å². The molecule has 3 rings (SSSR count). The molecule has 1 aromatic heterocycles. The van der Waals surface area contributed by atoms with Crippen LogP contribution in [0.15, 0.2) is 54.6 Å². The van der Waals surface area contributed by atoms with E-state index in [9.17, 15) is 4.79 Å². The number of ether oxygens (including phenoxy) is 3. The van der Waals surface area contributed by atoms with E-state index in [4.69, 9.17) is 14.2 Å². The molecule has 0 saturated carbocycles. The van der Waals surface area contributed by atoms with E-state index in [1.807, 2.05) is 61.5 Å². The molecule has 0 bridgehead atoms. The number of aryl methyl sites for hydroxylation is 1. The molecule has 0 aliphatic carbocycles. The first-order chi connectivity index (χ1) is 14.1. The summed E-state index contributed by atoms with van der Waals surface area (Å²) in [5.41, 5.74) is 3.16. The molecule has 152 valence electrons. The number of carbonyl (C=O) groups is 1. The van der Waals surface area contributed by atoms with Gasteiger partial charge in [0, 0.05) is 18.5 Å². The first-order valence-corrected chi connectivity index (χ1v) is 10.2. The number of hydrogen-bond acceptors (Lipinski definition) is 5. The minimum absolute atomic E-state index is 0.0710. The Morgan fingerprint density at radius 3 is 2.31 bits per heavy atom. The summed E-state index contributed by atoms with van der Waals surface area (Å²) in [6.45, 7) is 3.56. The van der Waals surface area contributed by atoms with Crippen molar-refractivity contribution < 1.29 is 19.0 Å². The Balaban J connectivity index is 1.59. The molecule has 0 aliphatic heterocycles. The summed E-state index contributed by atoms with van der Waals surface area (Å²) in [4.78, 5) is 14.4. The highest BCUT2D eigenvalue weighted by Crippen LogP contribution is 2.32. The maximum atomic E-state index is 12.6. The standard InChI is InChI=1S/C23H25NO4S/c1-16-21(18-6-10-19(27-3)11-7-18)14-22(29-16)23(25)24-15-17-4-8-20(9-5-17)28-13-12-26-2/h4-11,14H,12-13,15H2,1-3H3,(H,24,25). The van der Waals surface area contributed by atoms with Crippen molar-refractivity contribution in [3.05, 3.63) is 69.9 Å². The van der Waals surface area contributed by atoms with Crippen LogP contribution in [0.1, 0.15) is 20.1 Å². The topological polar surface area (TPSA) is 56.8 Å². The highest BCUT2D eigenvalue weighted by molar-refractivity contribution is 7.14. The van der Waals surface area contributed by atoms with Crippen LogP contribution < -0.4 is 14.8 Å². The van der Waals surface area contributed by atoms with Gasteiger partial charge in [-0.2, -0.15) is 0 Å². The highest BCUT2D eigenvalue weighted by atomic mass is 32.1. The third kappa shape index (κ3) is 5.59. The van der Waals surface area contributed by atoms with Crippen molar-refractivity contribution in [3.63, 3.8) is 0 Å².